The fourth-order valence-corrected chi connectivity index (χ4v) is 2.59. The molecule has 0 heterocycles. The summed E-state index contributed by atoms with van der Waals surface area (Å²) in [6.07, 6.45) is -4.15. The number of amides is 1. The van der Waals surface area contributed by atoms with Crippen LogP contribution in [0.2, 0.25) is 0 Å². The first-order valence-electron chi connectivity index (χ1n) is 4.14. The van der Waals surface area contributed by atoms with Gasteiger partial charge in [-0.3, -0.25) is 4.79 Å². The molecular weight excluding hydrogens is 183 g/mol. The quantitative estimate of drug-likeness (QED) is 0.671. The van der Waals surface area contributed by atoms with Crippen LogP contribution in [0, 0.1) is 10.8 Å². The van der Waals surface area contributed by atoms with Crippen molar-refractivity contribution in [3.63, 3.8) is 0 Å². The van der Waals surface area contributed by atoms with Crippen LogP contribution in [0.3, 0.4) is 0 Å². The largest absolute Gasteiger partial charge is 0.394 e. The third-order valence-electron chi connectivity index (χ3n) is 3.34. The summed E-state index contributed by atoms with van der Waals surface area (Å²) in [5.74, 6) is -0.237. The summed E-state index contributed by atoms with van der Waals surface area (Å²) in [4.78, 5) is 11.1. The normalized spacial score (nSPS) is 41.8. The number of rotatable bonds is 1. The molecule has 2 nitrogen and oxygen atoms in total. The standard InChI is InChI=1S/C8H10F3NO/c1-12-5(13)6-2-7(3-6,4-6)8(9,10)11/h2-4H2,1H3,(H,12,13). The summed E-state index contributed by atoms with van der Waals surface area (Å²) >= 11 is 0. The van der Waals surface area contributed by atoms with Crippen molar-refractivity contribution in [2.45, 2.75) is 25.4 Å². The second-order valence-electron chi connectivity index (χ2n) is 4.17. The molecule has 74 valence electrons. The molecule has 1 N–H and O–H groups in total. The van der Waals surface area contributed by atoms with Crippen LogP contribution in [-0.2, 0) is 4.79 Å². The summed E-state index contributed by atoms with van der Waals surface area (Å²) in [5, 5.41) is 2.41. The molecule has 0 radical (unpaired) electrons. The Hall–Kier alpha value is -0.740. The van der Waals surface area contributed by atoms with Crippen LogP contribution in [0.25, 0.3) is 0 Å². The van der Waals surface area contributed by atoms with Crippen LogP contribution in [-0.4, -0.2) is 19.1 Å². The zero-order valence-corrected chi connectivity index (χ0v) is 7.16. The van der Waals surface area contributed by atoms with E-state index in [-0.39, 0.29) is 25.2 Å². The maximum absolute atomic E-state index is 12.3. The van der Waals surface area contributed by atoms with E-state index in [2.05, 4.69) is 5.32 Å². The number of hydrogen-bond acceptors (Lipinski definition) is 1. The molecule has 2 bridgehead atoms. The molecule has 1 amide bonds. The molecular formula is C8H10F3NO. The topological polar surface area (TPSA) is 29.1 Å². The van der Waals surface area contributed by atoms with Crippen molar-refractivity contribution in [1.82, 2.24) is 5.32 Å². The van der Waals surface area contributed by atoms with Gasteiger partial charge < -0.3 is 5.32 Å². The van der Waals surface area contributed by atoms with Crippen molar-refractivity contribution >= 4 is 5.91 Å². The average Bonchev–Trinajstić information content (AvgIpc) is 1.77. The monoisotopic (exact) mass is 193 g/mol. The Labute approximate surface area is 73.5 Å². The molecule has 0 aromatic heterocycles. The van der Waals surface area contributed by atoms with Crippen LogP contribution < -0.4 is 5.32 Å². The smallest absolute Gasteiger partial charge is 0.359 e. The Morgan fingerprint density at radius 2 is 1.77 bits per heavy atom. The lowest BCUT2D eigenvalue weighted by Crippen LogP contribution is -2.72. The molecule has 0 aromatic rings. The number of alkyl halides is 3. The van der Waals surface area contributed by atoms with E-state index in [0.29, 0.717) is 0 Å². The molecule has 0 saturated heterocycles. The highest BCUT2D eigenvalue weighted by molar-refractivity contribution is 5.86. The van der Waals surface area contributed by atoms with Crippen molar-refractivity contribution in [1.29, 1.82) is 0 Å². The zero-order valence-electron chi connectivity index (χ0n) is 7.16. The summed E-state index contributed by atoms with van der Waals surface area (Å²) in [7, 11) is 1.46. The first-order valence-corrected chi connectivity index (χ1v) is 4.14. The van der Waals surface area contributed by atoms with E-state index in [0.717, 1.165) is 0 Å². The Bertz CT molecular complexity index is 251. The maximum Gasteiger partial charge on any atom is 0.394 e. The SMILES string of the molecule is CNC(=O)C12CC(C(F)(F)F)(C1)C2. The van der Waals surface area contributed by atoms with Gasteiger partial charge in [0.15, 0.2) is 0 Å². The van der Waals surface area contributed by atoms with Crippen LogP contribution in [0.5, 0.6) is 0 Å². The van der Waals surface area contributed by atoms with Gasteiger partial charge in [0, 0.05) is 7.05 Å². The van der Waals surface area contributed by atoms with Crippen molar-refractivity contribution < 1.29 is 18.0 Å². The molecule has 3 fully saturated rings. The number of carbonyl (C=O) groups excluding carboxylic acids is 1. The van der Waals surface area contributed by atoms with E-state index in [4.69, 9.17) is 0 Å². The molecule has 0 aliphatic heterocycles. The summed E-state index contributed by atoms with van der Waals surface area (Å²) in [6, 6.07) is 0. The van der Waals surface area contributed by atoms with Crippen molar-refractivity contribution in [3.8, 4) is 0 Å². The molecule has 0 atom stereocenters. The van der Waals surface area contributed by atoms with Gasteiger partial charge in [0.05, 0.1) is 10.8 Å². The lowest BCUT2D eigenvalue weighted by atomic mass is 9.34. The predicted octanol–water partition coefficient (Wildman–Crippen LogP) is 1.47. The molecule has 3 saturated carbocycles. The molecule has 0 aromatic carbocycles. The van der Waals surface area contributed by atoms with Crippen molar-refractivity contribution in [2.75, 3.05) is 7.05 Å². The van der Waals surface area contributed by atoms with Gasteiger partial charge in [-0.15, -0.1) is 0 Å². The first-order chi connectivity index (χ1) is 5.85. The summed E-state index contributed by atoms with van der Waals surface area (Å²) in [6.45, 7) is 0. The second-order valence-corrected chi connectivity index (χ2v) is 4.17. The molecule has 3 aliphatic rings. The van der Waals surface area contributed by atoms with Gasteiger partial charge in [0.2, 0.25) is 5.91 Å². The van der Waals surface area contributed by atoms with Crippen LogP contribution >= 0.6 is 0 Å². The number of nitrogens with one attached hydrogen (secondary N) is 1. The minimum atomic E-state index is -4.12. The second kappa shape index (κ2) is 2.01. The predicted molar refractivity (Wildman–Crippen MR) is 38.8 cm³/mol. The van der Waals surface area contributed by atoms with Gasteiger partial charge >= 0.3 is 6.18 Å². The molecule has 13 heavy (non-hydrogen) atoms. The average molecular weight is 193 g/mol. The minimum Gasteiger partial charge on any atom is -0.359 e. The molecule has 5 heteroatoms. The molecule has 0 spiro atoms. The van der Waals surface area contributed by atoms with Gasteiger partial charge in [-0.25, -0.2) is 0 Å². The molecule has 0 unspecified atom stereocenters. The Morgan fingerprint density at radius 3 is 2.08 bits per heavy atom. The van der Waals surface area contributed by atoms with E-state index >= 15 is 0 Å². The third-order valence-corrected chi connectivity index (χ3v) is 3.34. The van der Waals surface area contributed by atoms with Crippen LogP contribution in [0.15, 0.2) is 0 Å². The fraction of sp³-hybridized carbons (Fsp3) is 0.875. The Balaban J connectivity index is 2.04. The van der Waals surface area contributed by atoms with E-state index in [1.54, 1.807) is 0 Å². The Kier molecular flexibility index (Phi) is 1.37. The highest BCUT2D eigenvalue weighted by Crippen LogP contribution is 2.78. The van der Waals surface area contributed by atoms with Gasteiger partial charge in [0.25, 0.3) is 0 Å². The zero-order chi connectivity index (χ0) is 9.91. The van der Waals surface area contributed by atoms with Gasteiger partial charge in [-0.05, 0) is 19.3 Å². The Morgan fingerprint density at radius 1 is 1.31 bits per heavy atom. The highest BCUT2D eigenvalue weighted by Gasteiger charge is 2.80. The van der Waals surface area contributed by atoms with Crippen LogP contribution in [0.4, 0.5) is 13.2 Å². The van der Waals surface area contributed by atoms with Crippen molar-refractivity contribution in [2.24, 2.45) is 10.8 Å². The summed E-state index contributed by atoms with van der Waals surface area (Å²) in [5.41, 5.74) is -2.19. The lowest BCUT2D eigenvalue weighted by molar-refractivity contribution is -0.351. The molecule has 3 rings (SSSR count). The van der Waals surface area contributed by atoms with E-state index in [9.17, 15) is 18.0 Å². The van der Waals surface area contributed by atoms with Crippen LogP contribution in [0.1, 0.15) is 19.3 Å². The highest BCUT2D eigenvalue weighted by atomic mass is 19.4. The number of carbonyl (C=O) groups is 1. The summed E-state index contributed by atoms with van der Waals surface area (Å²) < 4.78 is 37.0. The first kappa shape index (κ1) is 8.84. The maximum atomic E-state index is 12.3. The minimum absolute atomic E-state index is 0.0107. The van der Waals surface area contributed by atoms with Gasteiger partial charge in [-0.1, -0.05) is 0 Å². The number of hydrogen-bond donors (Lipinski definition) is 1. The lowest BCUT2D eigenvalue weighted by Gasteiger charge is -2.68. The van der Waals surface area contributed by atoms with Crippen molar-refractivity contribution in [3.05, 3.63) is 0 Å². The molecule has 3 aliphatic carbocycles. The van der Waals surface area contributed by atoms with Gasteiger partial charge in [-0.2, -0.15) is 13.2 Å². The van der Waals surface area contributed by atoms with E-state index in [1.165, 1.54) is 7.05 Å². The van der Waals surface area contributed by atoms with E-state index in [1.807, 2.05) is 0 Å². The fourth-order valence-electron chi connectivity index (χ4n) is 2.59. The van der Waals surface area contributed by atoms with Gasteiger partial charge in [0.1, 0.15) is 0 Å². The number of halogens is 3. The van der Waals surface area contributed by atoms with E-state index < -0.39 is 17.0 Å². The third kappa shape index (κ3) is 0.823.